The predicted octanol–water partition coefficient (Wildman–Crippen LogP) is -0.568. The standard InChI is InChI=1S/C17H24N6O4S/c1-21-15(14-4-3-7-18-12-14)20-23(17(21)25)11-8-19-16(24)13-5-9-22(10-6-13)28(2,26)27/h3-4,7,12-13H,5-6,8-11H2,1-2H3,(H,19,24). The molecular formula is C17H24N6O4S. The van der Waals surface area contributed by atoms with E-state index in [2.05, 4.69) is 15.4 Å². The molecule has 10 nitrogen and oxygen atoms in total. The Bertz CT molecular complexity index is 990. The summed E-state index contributed by atoms with van der Waals surface area (Å²) in [5, 5.41) is 7.15. The van der Waals surface area contributed by atoms with Gasteiger partial charge in [0.2, 0.25) is 15.9 Å². The molecule has 0 atom stereocenters. The number of amides is 1. The van der Waals surface area contributed by atoms with Gasteiger partial charge in [0, 0.05) is 50.6 Å². The fourth-order valence-electron chi connectivity index (χ4n) is 3.26. The van der Waals surface area contributed by atoms with Crippen LogP contribution < -0.4 is 11.0 Å². The fourth-order valence-corrected chi connectivity index (χ4v) is 4.13. The SMILES string of the molecule is Cn1c(-c2cccnc2)nn(CCNC(=O)C2CCN(S(C)(=O)=O)CC2)c1=O. The van der Waals surface area contributed by atoms with Crippen LogP contribution in [0.2, 0.25) is 0 Å². The summed E-state index contributed by atoms with van der Waals surface area (Å²) in [6.45, 7) is 1.23. The van der Waals surface area contributed by atoms with Crippen molar-refractivity contribution in [2.45, 2.75) is 19.4 Å². The molecule has 1 saturated heterocycles. The van der Waals surface area contributed by atoms with Gasteiger partial charge in [-0.2, -0.15) is 0 Å². The van der Waals surface area contributed by atoms with Crippen molar-refractivity contribution >= 4 is 15.9 Å². The van der Waals surface area contributed by atoms with E-state index in [0.29, 0.717) is 31.8 Å². The lowest BCUT2D eigenvalue weighted by molar-refractivity contribution is -0.126. The Morgan fingerprint density at radius 3 is 2.64 bits per heavy atom. The molecule has 0 bridgehead atoms. The largest absolute Gasteiger partial charge is 0.354 e. The smallest absolute Gasteiger partial charge is 0.345 e. The highest BCUT2D eigenvalue weighted by Crippen LogP contribution is 2.19. The quantitative estimate of drug-likeness (QED) is 0.684. The molecule has 1 fully saturated rings. The van der Waals surface area contributed by atoms with Crippen molar-refractivity contribution in [3.05, 3.63) is 35.0 Å². The van der Waals surface area contributed by atoms with Gasteiger partial charge in [0.25, 0.3) is 0 Å². The minimum atomic E-state index is -3.21. The molecule has 2 aromatic heterocycles. The van der Waals surface area contributed by atoms with Gasteiger partial charge < -0.3 is 5.32 Å². The Labute approximate surface area is 163 Å². The van der Waals surface area contributed by atoms with E-state index in [0.717, 1.165) is 5.56 Å². The maximum atomic E-state index is 12.3. The summed E-state index contributed by atoms with van der Waals surface area (Å²) in [7, 11) is -1.57. The number of carbonyl (C=O) groups is 1. The average molecular weight is 408 g/mol. The number of pyridine rings is 1. The van der Waals surface area contributed by atoms with E-state index in [4.69, 9.17) is 0 Å². The van der Waals surface area contributed by atoms with Gasteiger partial charge in [0.1, 0.15) is 0 Å². The molecule has 152 valence electrons. The van der Waals surface area contributed by atoms with E-state index in [1.807, 2.05) is 6.07 Å². The number of rotatable bonds is 6. The zero-order valence-electron chi connectivity index (χ0n) is 15.9. The Hall–Kier alpha value is -2.53. The number of piperidine rings is 1. The number of hydrogen-bond acceptors (Lipinski definition) is 6. The first-order valence-corrected chi connectivity index (χ1v) is 10.9. The molecule has 0 radical (unpaired) electrons. The van der Waals surface area contributed by atoms with E-state index in [9.17, 15) is 18.0 Å². The van der Waals surface area contributed by atoms with Gasteiger partial charge in [0.05, 0.1) is 12.8 Å². The van der Waals surface area contributed by atoms with Crippen molar-refractivity contribution in [1.29, 1.82) is 0 Å². The summed E-state index contributed by atoms with van der Waals surface area (Å²) >= 11 is 0. The van der Waals surface area contributed by atoms with E-state index >= 15 is 0 Å². The Morgan fingerprint density at radius 1 is 1.32 bits per heavy atom. The van der Waals surface area contributed by atoms with E-state index in [1.54, 1.807) is 25.5 Å². The third kappa shape index (κ3) is 4.47. The van der Waals surface area contributed by atoms with Crippen LogP contribution in [0.25, 0.3) is 11.4 Å². The molecule has 11 heteroatoms. The Morgan fingerprint density at radius 2 is 2.04 bits per heavy atom. The van der Waals surface area contributed by atoms with Crippen LogP contribution in [0.4, 0.5) is 0 Å². The van der Waals surface area contributed by atoms with Crippen LogP contribution in [-0.2, 0) is 28.4 Å². The summed E-state index contributed by atoms with van der Waals surface area (Å²) in [5.74, 6) is 0.173. The van der Waals surface area contributed by atoms with Gasteiger partial charge >= 0.3 is 5.69 Å². The first-order valence-electron chi connectivity index (χ1n) is 9.04. The fraction of sp³-hybridized carbons (Fsp3) is 0.529. The molecule has 0 unspecified atom stereocenters. The number of sulfonamides is 1. The zero-order chi connectivity index (χ0) is 20.3. The molecule has 0 aromatic carbocycles. The number of carbonyl (C=O) groups excluding carboxylic acids is 1. The molecule has 28 heavy (non-hydrogen) atoms. The molecule has 1 aliphatic heterocycles. The number of hydrogen-bond donors (Lipinski definition) is 1. The summed E-state index contributed by atoms with van der Waals surface area (Å²) in [6.07, 6.45) is 5.45. The van der Waals surface area contributed by atoms with Gasteiger partial charge in [0.15, 0.2) is 5.82 Å². The Kier molecular flexibility index (Phi) is 5.94. The number of aromatic nitrogens is 4. The van der Waals surface area contributed by atoms with Gasteiger partial charge in [-0.3, -0.25) is 14.3 Å². The normalized spacial score (nSPS) is 16.2. The first kappa shape index (κ1) is 20.2. The molecule has 3 heterocycles. The molecule has 2 aromatic rings. The van der Waals surface area contributed by atoms with Crippen LogP contribution in [-0.4, -0.2) is 63.9 Å². The minimum absolute atomic E-state index is 0.121. The third-order valence-corrected chi connectivity index (χ3v) is 6.18. The highest BCUT2D eigenvalue weighted by atomic mass is 32.2. The molecule has 0 saturated carbocycles. The van der Waals surface area contributed by atoms with Gasteiger partial charge in [-0.25, -0.2) is 22.2 Å². The van der Waals surface area contributed by atoms with E-state index in [1.165, 1.54) is 19.8 Å². The second-order valence-corrected chi connectivity index (χ2v) is 8.84. The van der Waals surface area contributed by atoms with Crippen molar-refractivity contribution in [1.82, 2.24) is 29.0 Å². The van der Waals surface area contributed by atoms with Crippen LogP contribution in [0.1, 0.15) is 12.8 Å². The molecule has 1 N–H and O–H groups in total. The predicted molar refractivity (Wildman–Crippen MR) is 103 cm³/mol. The lowest BCUT2D eigenvalue weighted by Crippen LogP contribution is -2.43. The van der Waals surface area contributed by atoms with Crippen molar-refractivity contribution in [2.24, 2.45) is 13.0 Å². The summed E-state index contributed by atoms with van der Waals surface area (Å²) in [5.41, 5.74) is 0.470. The van der Waals surface area contributed by atoms with E-state index < -0.39 is 10.0 Å². The second kappa shape index (κ2) is 8.23. The van der Waals surface area contributed by atoms with Gasteiger partial charge in [-0.15, -0.1) is 5.10 Å². The van der Waals surface area contributed by atoms with Crippen LogP contribution in [0.3, 0.4) is 0 Å². The maximum Gasteiger partial charge on any atom is 0.345 e. The number of nitrogens with zero attached hydrogens (tertiary/aromatic N) is 5. The molecule has 0 spiro atoms. The van der Waals surface area contributed by atoms with Crippen molar-refractivity contribution in [3.8, 4) is 11.4 Å². The zero-order valence-corrected chi connectivity index (χ0v) is 16.7. The lowest BCUT2D eigenvalue weighted by Gasteiger charge is -2.29. The number of nitrogens with one attached hydrogen (secondary N) is 1. The molecule has 1 amide bonds. The topological polar surface area (TPSA) is 119 Å². The average Bonchev–Trinajstić information content (AvgIpc) is 2.96. The Balaban J connectivity index is 1.55. The molecule has 0 aliphatic carbocycles. The van der Waals surface area contributed by atoms with E-state index in [-0.39, 0.29) is 30.6 Å². The summed E-state index contributed by atoms with van der Waals surface area (Å²) in [6, 6.07) is 3.60. The molecule has 3 rings (SSSR count). The van der Waals surface area contributed by atoms with Crippen LogP contribution >= 0.6 is 0 Å². The third-order valence-electron chi connectivity index (χ3n) is 4.88. The van der Waals surface area contributed by atoms with Crippen LogP contribution in [0.5, 0.6) is 0 Å². The van der Waals surface area contributed by atoms with Crippen LogP contribution in [0.15, 0.2) is 29.3 Å². The minimum Gasteiger partial charge on any atom is -0.354 e. The summed E-state index contributed by atoms with van der Waals surface area (Å²) in [4.78, 5) is 28.7. The van der Waals surface area contributed by atoms with Crippen molar-refractivity contribution in [2.75, 3.05) is 25.9 Å². The molecule has 1 aliphatic rings. The maximum absolute atomic E-state index is 12.3. The lowest BCUT2D eigenvalue weighted by atomic mass is 9.97. The summed E-state index contributed by atoms with van der Waals surface area (Å²) < 4.78 is 27.2. The second-order valence-electron chi connectivity index (χ2n) is 6.86. The highest BCUT2D eigenvalue weighted by Gasteiger charge is 2.28. The van der Waals surface area contributed by atoms with Crippen molar-refractivity contribution < 1.29 is 13.2 Å². The highest BCUT2D eigenvalue weighted by molar-refractivity contribution is 7.88. The van der Waals surface area contributed by atoms with Gasteiger partial charge in [-0.05, 0) is 25.0 Å². The first-order chi connectivity index (χ1) is 13.3. The van der Waals surface area contributed by atoms with Gasteiger partial charge in [-0.1, -0.05) is 0 Å². The monoisotopic (exact) mass is 408 g/mol. The van der Waals surface area contributed by atoms with Crippen molar-refractivity contribution in [3.63, 3.8) is 0 Å². The van der Waals surface area contributed by atoms with Crippen LogP contribution in [0, 0.1) is 5.92 Å². The molecular weight excluding hydrogens is 384 g/mol.